The minimum atomic E-state index is -0.352. The minimum Gasteiger partial charge on any atom is -0.360 e. The van der Waals surface area contributed by atoms with Crippen LogP contribution in [0.25, 0.3) is 11.3 Å². The summed E-state index contributed by atoms with van der Waals surface area (Å²) in [6.07, 6.45) is 1.03. The van der Waals surface area contributed by atoms with Crippen molar-refractivity contribution in [3.05, 3.63) is 40.6 Å². The first kappa shape index (κ1) is 18.9. The van der Waals surface area contributed by atoms with Crippen LogP contribution in [-0.2, 0) is 0 Å². The van der Waals surface area contributed by atoms with Crippen LogP contribution in [0.5, 0.6) is 0 Å². The van der Waals surface area contributed by atoms with Crippen molar-refractivity contribution in [2.24, 2.45) is 0 Å². The summed E-state index contributed by atoms with van der Waals surface area (Å²) in [5.41, 5.74) is 1.38. The number of carbonyl (C=O) groups excluding carboxylic acids is 1. The molecule has 2 aromatic heterocycles. The summed E-state index contributed by atoms with van der Waals surface area (Å²) < 4.78 is 6.05. The van der Waals surface area contributed by atoms with Crippen LogP contribution >= 0.6 is 34.7 Å². The number of benzene rings is 1. The van der Waals surface area contributed by atoms with Crippen molar-refractivity contribution >= 4 is 45.7 Å². The topological polar surface area (TPSA) is 80.9 Å². The summed E-state index contributed by atoms with van der Waals surface area (Å²) in [6.45, 7) is 5.93. The molecule has 0 saturated heterocycles. The average Bonchev–Trinajstić information content (AvgIpc) is 3.21. The van der Waals surface area contributed by atoms with E-state index in [-0.39, 0.29) is 5.91 Å². The molecule has 0 radical (unpaired) electrons. The Balaban J connectivity index is 1.83. The number of carbonyl (C=O) groups is 1. The number of hydrogen-bond donors (Lipinski definition) is 1. The summed E-state index contributed by atoms with van der Waals surface area (Å²) in [7, 11) is 0. The van der Waals surface area contributed by atoms with E-state index in [0.717, 1.165) is 10.8 Å². The van der Waals surface area contributed by atoms with Gasteiger partial charge in [-0.1, -0.05) is 71.9 Å². The van der Waals surface area contributed by atoms with E-state index in [4.69, 9.17) is 16.1 Å². The van der Waals surface area contributed by atoms with Gasteiger partial charge >= 0.3 is 0 Å². The highest BCUT2D eigenvalue weighted by atomic mass is 35.5. The Hall–Kier alpha value is -1.90. The van der Waals surface area contributed by atoms with Gasteiger partial charge in [0.25, 0.3) is 5.91 Å². The number of anilines is 1. The molecule has 9 heteroatoms. The van der Waals surface area contributed by atoms with Crippen molar-refractivity contribution in [3.63, 3.8) is 0 Å². The number of thioether (sulfide) groups is 1. The normalized spacial score (nSPS) is 12.2. The van der Waals surface area contributed by atoms with Gasteiger partial charge in [0.1, 0.15) is 17.0 Å². The monoisotopic (exact) mass is 408 g/mol. The van der Waals surface area contributed by atoms with Crippen LogP contribution in [-0.4, -0.2) is 26.5 Å². The SMILES string of the molecule is CC[C@H](C)Sc1nnc(NC(=O)c2c(-c3ccccc3Cl)noc2C)s1. The van der Waals surface area contributed by atoms with Crippen molar-refractivity contribution in [2.45, 2.75) is 36.8 Å². The minimum absolute atomic E-state index is 0.337. The number of rotatable bonds is 6. The lowest BCUT2D eigenvalue weighted by molar-refractivity contribution is 0.102. The number of nitrogens with zero attached hydrogens (tertiary/aromatic N) is 3. The molecule has 0 aliphatic rings. The number of nitrogens with one attached hydrogen (secondary N) is 1. The number of amides is 1. The van der Waals surface area contributed by atoms with Gasteiger partial charge in [-0.05, 0) is 19.4 Å². The van der Waals surface area contributed by atoms with Gasteiger partial charge in [0.2, 0.25) is 5.13 Å². The molecule has 1 amide bonds. The summed E-state index contributed by atoms with van der Waals surface area (Å²) in [5.74, 6) is 0.0612. The molecular weight excluding hydrogens is 392 g/mol. The van der Waals surface area contributed by atoms with Crippen LogP contribution in [0.4, 0.5) is 5.13 Å². The maximum atomic E-state index is 12.8. The molecule has 0 aliphatic heterocycles. The third-order valence-corrected chi connectivity index (χ3v) is 6.24. The molecule has 3 rings (SSSR count). The van der Waals surface area contributed by atoms with Crippen LogP contribution in [0.1, 0.15) is 36.4 Å². The highest BCUT2D eigenvalue weighted by molar-refractivity contribution is 8.01. The molecule has 1 N–H and O–H groups in total. The molecule has 0 spiro atoms. The Kier molecular flexibility index (Phi) is 5.95. The predicted octanol–water partition coefficient (Wildman–Crippen LogP) is 5.30. The van der Waals surface area contributed by atoms with Crippen LogP contribution in [0.3, 0.4) is 0 Å². The molecule has 2 heterocycles. The molecular formula is C17H17ClN4O2S2. The Morgan fingerprint density at radius 2 is 2.15 bits per heavy atom. The zero-order valence-electron chi connectivity index (χ0n) is 14.4. The first-order chi connectivity index (χ1) is 12.5. The predicted molar refractivity (Wildman–Crippen MR) is 105 cm³/mol. The lowest BCUT2D eigenvalue weighted by Crippen LogP contribution is -2.13. The molecule has 0 aliphatic carbocycles. The molecule has 0 fully saturated rings. The maximum absolute atomic E-state index is 12.8. The zero-order chi connectivity index (χ0) is 18.7. The van der Waals surface area contributed by atoms with Crippen molar-refractivity contribution in [3.8, 4) is 11.3 Å². The third-order valence-electron chi connectivity index (χ3n) is 3.72. The smallest absolute Gasteiger partial charge is 0.263 e. The summed E-state index contributed by atoms with van der Waals surface area (Å²) in [4.78, 5) is 12.8. The number of hydrogen-bond acceptors (Lipinski definition) is 7. The molecule has 0 bridgehead atoms. The molecule has 1 aromatic carbocycles. The first-order valence-corrected chi connectivity index (χ1v) is 10.1. The Morgan fingerprint density at radius 3 is 2.88 bits per heavy atom. The van der Waals surface area contributed by atoms with Gasteiger partial charge in [-0.25, -0.2) is 0 Å². The number of aryl methyl sites for hydroxylation is 1. The number of halogens is 1. The summed E-state index contributed by atoms with van der Waals surface area (Å²) >= 11 is 9.22. The van der Waals surface area contributed by atoms with E-state index < -0.39 is 0 Å². The Bertz CT molecular complexity index is 925. The molecule has 6 nitrogen and oxygen atoms in total. The Labute approximate surface area is 164 Å². The highest BCUT2D eigenvalue weighted by Crippen LogP contribution is 2.33. The quantitative estimate of drug-likeness (QED) is 0.440. The van der Waals surface area contributed by atoms with E-state index in [2.05, 4.69) is 34.5 Å². The fourth-order valence-corrected chi connectivity index (χ4v) is 4.42. The fraction of sp³-hybridized carbons (Fsp3) is 0.294. The Morgan fingerprint density at radius 1 is 1.38 bits per heavy atom. The maximum Gasteiger partial charge on any atom is 0.263 e. The van der Waals surface area contributed by atoms with Gasteiger partial charge in [-0.3, -0.25) is 10.1 Å². The second kappa shape index (κ2) is 8.20. The third kappa shape index (κ3) is 4.08. The van der Waals surface area contributed by atoms with Crippen molar-refractivity contribution in [2.75, 3.05) is 5.32 Å². The van der Waals surface area contributed by atoms with E-state index in [1.807, 2.05) is 12.1 Å². The van der Waals surface area contributed by atoms with Crippen LogP contribution in [0, 0.1) is 6.92 Å². The lowest BCUT2D eigenvalue weighted by Gasteiger charge is -2.04. The van der Waals surface area contributed by atoms with Gasteiger partial charge in [0.05, 0.1) is 5.02 Å². The standard InChI is InChI=1S/C17H17ClN4O2S2/c1-4-9(2)25-17-21-20-16(26-17)19-15(23)13-10(3)24-22-14(13)11-7-5-6-8-12(11)18/h5-9H,4H2,1-3H3,(H,19,20,23)/t9-/m0/s1. The van der Waals surface area contributed by atoms with Gasteiger partial charge in [-0.2, -0.15) is 0 Å². The van der Waals surface area contributed by atoms with Crippen molar-refractivity contribution < 1.29 is 9.32 Å². The molecule has 1 atom stereocenters. The van der Waals surface area contributed by atoms with Crippen LogP contribution in [0.15, 0.2) is 33.1 Å². The van der Waals surface area contributed by atoms with Gasteiger partial charge < -0.3 is 4.52 Å². The molecule has 3 aromatic rings. The molecule has 136 valence electrons. The largest absolute Gasteiger partial charge is 0.360 e. The van der Waals surface area contributed by atoms with E-state index in [9.17, 15) is 4.79 Å². The van der Waals surface area contributed by atoms with E-state index in [1.165, 1.54) is 11.3 Å². The summed E-state index contributed by atoms with van der Waals surface area (Å²) in [6, 6.07) is 7.18. The fourth-order valence-electron chi connectivity index (χ4n) is 2.20. The zero-order valence-corrected chi connectivity index (χ0v) is 16.8. The van der Waals surface area contributed by atoms with Crippen molar-refractivity contribution in [1.82, 2.24) is 15.4 Å². The molecule has 26 heavy (non-hydrogen) atoms. The summed E-state index contributed by atoms with van der Waals surface area (Å²) in [5, 5.41) is 16.3. The van der Waals surface area contributed by atoms with E-state index in [0.29, 0.717) is 38.0 Å². The van der Waals surface area contributed by atoms with Gasteiger partial charge in [0.15, 0.2) is 4.34 Å². The highest BCUT2D eigenvalue weighted by Gasteiger charge is 2.24. The van der Waals surface area contributed by atoms with Crippen LogP contribution < -0.4 is 5.32 Å². The van der Waals surface area contributed by atoms with E-state index >= 15 is 0 Å². The van der Waals surface area contributed by atoms with Crippen molar-refractivity contribution in [1.29, 1.82) is 0 Å². The van der Waals surface area contributed by atoms with Gasteiger partial charge in [-0.15, -0.1) is 10.2 Å². The second-order valence-corrected chi connectivity index (χ2v) is 8.68. The molecule has 0 unspecified atom stereocenters. The van der Waals surface area contributed by atoms with Crippen LogP contribution in [0.2, 0.25) is 5.02 Å². The second-order valence-electron chi connectivity index (χ2n) is 5.61. The van der Waals surface area contributed by atoms with E-state index in [1.54, 1.807) is 30.8 Å². The first-order valence-electron chi connectivity index (χ1n) is 8.02. The average molecular weight is 409 g/mol. The van der Waals surface area contributed by atoms with Gasteiger partial charge in [0, 0.05) is 10.8 Å². The molecule has 0 saturated carbocycles. The lowest BCUT2D eigenvalue weighted by atomic mass is 10.1. The number of aromatic nitrogens is 3.